The molecule has 7 nitrogen and oxygen atoms in total. The van der Waals surface area contributed by atoms with Gasteiger partial charge in [-0.1, -0.05) is 13.8 Å². The molecule has 7 heteroatoms. The van der Waals surface area contributed by atoms with Gasteiger partial charge in [0, 0.05) is 36.9 Å². The Balaban J connectivity index is 2.16. The van der Waals surface area contributed by atoms with E-state index in [0.717, 1.165) is 11.1 Å². The third-order valence-corrected chi connectivity index (χ3v) is 4.96. The smallest absolute Gasteiger partial charge is 0.341 e. The van der Waals surface area contributed by atoms with E-state index in [1.807, 2.05) is 31.4 Å². The number of nitrogens with zero attached hydrogens (tertiary/aromatic N) is 1. The molecule has 2 N–H and O–H groups in total. The molecule has 1 aromatic heterocycles. The Bertz CT molecular complexity index is 947. The van der Waals surface area contributed by atoms with Crippen molar-refractivity contribution in [3.05, 3.63) is 45.7 Å². The summed E-state index contributed by atoms with van der Waals surface area (Å²) in [6.45, 7) is 6.75. The number of carboxylic acids is 1. The van der Waals surface area contributed by atoms with Crippen molar-refractivity contribution >= 4 is 5.97 Å². The number of carboxylic acid groups (broad SMARTS) is 1. The fourth-order valence-electron chi connectivity index (χ4n) is 3.36. The molecular formula is C21H25NO6. The van der Waals surface area contributed by atoms with Gasteiger partial charge in [0.25, 0.3) is 0 Å². The standard InChI is InChI=1S/C21H25NO6/c1-12(2)17-11-28-20-9-19(27-6-4-5-23)13(3)7-14(20)16-8-18(24)15(21(25)26)10-22(16)17/h7-10,12,17,23H,4-6,11H2,1-3H3,(H,25,26)/t17-/m0/s1. The van der Waals surface area contributed by atoms with Crippen LogP contribution in [-0.2, 0) is 0 Å². The van der Waals surface area contributed by atoms with Crippen LogP contribution in [0.4, 0.5) is 0 Å². The SMILES string of the molecule is Cc1cc2c(cc1OCCCO)OC[C@@H](C(C)C)n1cc(C(=O)O)c(=O)cc1-2. The quantitative estimate of drug-likeness (QED) is 0.740. The lowest BCUT2D eigenvalue weighted by atomic mass is 10.0. The lowest BCUT2D eigenvalue weighted by molar-refractivity contribution is 0.0694. The van der Waals surface area contributed by atoms with E-state index in [0.29, 0.717) is 36.8 Å². The number of rotatable bonds is 6. The Hall–Kier alpha value is -2.80. The van der Waals surface area contributed by atoms with Crippen LogP contribution in [-0.4, -0.2) is 40.6 Å². The minimum atomic E-state index is -1.24. The molecule has 0 bridgehead atoms. The minimum absolute atomic E-state index is 0.0543. The highest BCUT2D eigenvalue weighted by Crippen LogP contribution is 2.40. The van der Waals surface area contributed by atoms with Gasteiger partial charge >= 0.3 is 5.97 Å². The predicted octanol–water partition coefficient (Wildman–Crippen LogP) is 2.87. The Morgan fingerprint density at radius 1 is 1.36 bits per heavy atom. The first-order valence-corrected chi connectivity index (χ1v) is 9.34. The number of ether oxygens (including phenoxy) is 2. The Labute approximate surface area is 163 Å². The lowest BCUT2D eigenvalue weighted by Crippen LogP contribution is -2.25. The first kappa shape index (κ1) is 19.9. The fraction of sp³-hybridized carbons (Fsp3) is 0.429. The molecule has 0 unspecified atom stereocenters. The van der Waals surface area contributed by atoms with Crippen molar-refractivity contribution in [1.82, 2.24) is 4.57 Å². The van der Waals surface area contributed by atoms with E-state index >= 15 is 0 Å². The zero-order valence-corrected chi connectivity index (χ0v) is 16.3. The van der Waals surface area contributed by atoms with Crippen molar-refractivity contribution in [2.24, 2.45) is 5.92 Å². The highest BCUT2D eigenvalue weighted by Gasteiger charge is 2.27. The highest BCUT2D eigenvalue weighted by molar-refractivity contribution is 5.87. The second kappa shape index (κ2) is 8.06. The number of hydrogen-bond donors (Lipinski definition) is 2. The molecule has 3 rings (SSSR count). The largest absolute Gasteiger partial charge is 0.493 e. The van der Waals surface area contributed by atoms with Crippen LogP contribution in [0.2, 0.25) is 0 Å². The number of fused-ring (bicyclic) bond motifs is 3. The molecule has 1 aromatic carbocycles. The van der Waals surface area contributed by atoms with E-state index in [4.69, 9.17) is 14.6 Å². The van der Waals surface area contributed by atoms with Crippen LogP contribution in [0.5, 0.6) is 11.5 Å². The van der Waals surface area contributed by atoms with Crippen LogP contribution in [0.25, 0.3) is 11.3 Å². The van der Waals surface area contributed by atoms with Gasteiger partial charge in [-0.3, -0.25) is 4.79 Å². The van der Waals surface area contributed by atoms with E-state index in [1.54, 1.807) is 6.07 Å². The average Bonchev–Trinajstić information content (AvgIpc) is 2.78. The van der Waals surface area contributed by atoms with E-state index in [-0.39, 0.29) is 24.1 Å². The van der Waals surface area contributed by atoms with Crippen LogP contribution >= 0.6 is 0 Å². The molecule has 0 amide bonds. The summed E-state index contributed by atoms with van der Waals surface area (Å²) in [5.41, 5.74) is 1.44. The third-order valence-electron chi connectivity index (χ3n) is 4.96. The summed E-state index contributed by atoms with van der Waals surface area (Å²) in [4.78, 5) is 23.8. The molecule has 2 heterocycles. The van der Waals surface area contributed by atoms with E-state index in [9.17, 15) is 14.7 Å². The highest BCUT2D eigenvalue weighted by atomic mass is 16.5. The first-order valence-electron chi connectivity index (χ1n) is 9.34. The molecule has 0 aliphatic carbocycles. The number of pyridine rings is 1. The lowest BCUT2D eigenvalue weighted by Gasteiger charge is -2.24. The van der Waals surface area contributed by atoms with Gasteiger partial charge in [0.1, 0.15) is 23.7 Å². The van der Waals surface area contributed by atoms with Gasteiger partial charge in [0.15, 0.2) is 5.43 Å². The number of carbonyl (C=O) groups is 1. The Kier molecular flexibility index (Phi) is 5.74. The van der Waals surface area contributed by atoms with E-state index in [1.165, 1.54) is 12.3 Å². The van der Waals surface area contributed by atoms with E-state index in [2.05, 4.69) is 0 Å². The molecular weight excluding hydrogens is 362 g/mol. The third kappa shape index (κ3) is 3.75. The average molecular weight is 387 g/mol. The van der Waals surface area contributed by atoms with Gasteiger partial charge in [-0.05, 0) is 24.5 Å². The Morgan fingerprint density at radius 2 is 2.11 bits per heavy atom. The second-order valence-electron chi connectivity index (χ2n) is 7.31. The summed E-state index contributed by atoms with van der Waals surface area (Å²) in [7, 11) is 0. The van der Waals surface area contributed by atoms with Crippen molar-refractivity contribution in [2.75, 3.05) is 19.8 Å². The molecule has 2 aromatic rings. The molecule has 0 fully saturated rings. The molecule has 1 aliphatic rings. The van der Waals surface area contributed by atoms with Gasteiger partial charge in [0.05, 0.1) is 18.3 Å². The molecule has 0 saturated heterocycles. The van der Waals surface area contributed by atoms with Crippen molar-refractivity contribution in [1.29, 1.82) is 0 Å². The van der Waals surface area contributed by atoms with Crippen LogP contribution in [0.1, 0.15) is 42.2 Å². The maximum Gasteiger partial charge on any atom is 0.341 e. The molecule has 150 valence electrons. The monoisotopic (exact) mass is 387 g/mol. The maximum atomic E-state index is 12.4. The molecule has 28 heavy (non-hydrogen) atoms. The van der Waals surface area contributed by atoms with Crippen molar-refractivity contribution < 1.29 is 24.5 Å². The molecule has 0 spiro atoms. The first-order chi connectivity index (χ1) is 13.3. The van der Waals surface area contributed by atoms with Crippen molar-refractivity contribution in [3.63, 3.8) is 0 Å². The van der Waals surface area contributed by atoms with Crippen LogP contribution in [0, 0.1) is 12.8 Å². The van der Waals surface area contributed by atoms with Crippen LogP contribution in [0.15, 0.2) is 29.2 Å². The van der Waals surface area contributed by atoms with Crippen LogP contribution < -0.4 is 14.9 Å². The molecule has 0 radical (unpaired) electrons. The summed E-state index contributed by atoms with van der Waals surface area (Å²) < 4.78 is 13.6. The van der Waals surface area contributed by atoms with Gasteiger partial charge < -0.3 is 24.3 Å². The van der Waals surface area contributed by atoms with E-state index < -0.39 is 11.4 Å². The number of aliphatic hydroxyl groups excluding tert-OH is 1. The summed E-state index contributed by atoms with van der Waals surface area (Å²) in [5.74, 6) is 0.172. The summed E-state index contributed by atoms with van der Waals surface area (Å²) in [6, 6.07) is 4.93. The van der Waals surface area contributed by atoms with Crippen LogP contribution in [0.3, 0.4) is 0 Å². The number of aryl methyl sites for hydroxylation is 1. The van der Waals surface area contributed by atoms with Crippen molar-refractivity contribution in [2.45, 2.75) is 33.2 Å². The predicted molar refractivity (Wildman–Crippen MR) is 104 cm³/mol. The maximum absolute atomic E-state index is 12.4. The van der Waals surface area contributed by atoms with Gasteiger partial charge in [-0.2, -0.15) is 0 Å². The normalized spacial score (nSPS) is 15.4. The van der Waals surface area contributed by atoms with Gasteiger partial charge in [-0.15, -0.1) is 0 Å². The zero-order valence-electron chi connectivity index (χ0n) is 16.3. The Morgan fingerprint density at radius 3 is 2.75 bits per heavy atom. The number of benzene rings is 1. The topological polar surface area (TPSA) is 98.0 Å². The summed E-state index contributed by atoms with van der Waals surface area (Å²) in [5, 5.41) is 18.3. The van der Waals surface area contributed by atoms with Crippen molar-refractivity contribution in [3.8, 4) is 22.8 Å². The summed E-state index contributed by atoms with van der Waals surface area (Å²) in [6.07, 6.45) is 1.95. The zero-order chi connectivity index (χ0) is 20.4. The second-order valence-corrected chi connectivity index (χ2v) is 7.31. The molecule has 1 aliphatic heterocycles. The fourth-order valence-corrected chi connectivity index (χ4v) is 3.36. The van der Waals surface area contributed by atoms with Gasteiger partial charge in [-0.25, -0.2) is 4.79 Å². The number of aliphatic hydroxyl groups is 1. The number of aromatic nitrogens is 1. The molecule has 0 saturated carbocycles. The number of hydrogen-bond acceptors (Lipinski definition) is 5. The minimum Gasteiger partial charge on any atom is -0.493 e. The molecule has 1 atom stereocenters. The summed E-state index contributed by atoms with van der Waals surface area (Å²) >= 11 is 0. The number of aromatic carboxylic acids is 1. The van der Waals surface area contributed by atoms with Gasteiger partial charge in [0.2, 0.25) is 0 Å².